The molecule has 1 aromatic rings. The van der Waals surface area contributed by atoms with Crippen LogP contribution in [0.5, 0.6) is 0 Å². The lowest BCUT2D eigenvalue weighted by Gasteiger charge is -2.18. The molecule has 114 valence electrons. The standard InChI is InChI=1S/C17H31N3/c1-4-12-18-15(5-2)9-8-13-20-14(3)19-16-10-6-7-11-17(16)20/h15,18H,4-13H2,1-3H3. The van der Waals surface area contributed by atoms with Crippen molar-refractivity contribution in [3.8, 4) is 0 Å². The van der Waals surface area contributed by atoms with Crippen molar-refractivity contribution in [3.05, 3.63) is 17.2 Å². The maximum absolute atomic E-state index is 4.77. The summed E-state index contributed by atoms with van der Waals surface area (Å²) in [4.78, 5) is 4.77. The third kappa shape index (κ3) is 3.85. The predicted molar refractivity (Wildman–Crippen MR) is 85.2 cm³/mol. The molecule has 2 rings (SSSR count). The van der Waals surface area contributed by atoms with Gasteiger partial charge in [-0.1, -0.05) is 13.8 Å². The smallest absolute Gasteiger partial charge is 0.106 e. The maximum Gasteiger partial charge on any atom is 0.106 e. The first kappa shape index (κ1) is 15.6. The fourth-order valence-electron chi connectivity index (χ4n) is 3.33. The van der Waals surface area contributed by atoms with Crippen molar-refractivity contribution >= 4 is 0 Å². The van der Waals surface area contributed by atoms with Crippen molar-refractivity contribution in [1.82, 2.24) is 14.9 Å². The molecule has 0 fully saturated rings. The molecule has 3 heteroatoms. The van der Waals surface area contributed by atoms with E-state index < -0.39 is 0 Å². The highest BCUT2D eigenvalue weighted by Gasteiger charge is 2.17. The monoisotopic (exact) mass is 277 g/mol. The summed E-state index contributed by atoms with van der Waals surface area (Å²) in [5.74, 6) is 1.23. The zero-order valence-corrected chi connectivity index (χ0v) is 13.5. The molecule has 1 N–H and O–H groups in total. The van der Waals surface area contributed by atoms with Gasteiger partial charge >= 0.3 is 0 Å². The molecule has 0 spiro atoms. The Morgan fingerprint density at radius 1 is 1.25 bits per heavy atom. The van der Waals surface area contributed by atoms with Crippen molar-refractivity contribution in [2.75, 3.05) is 6.54 Å². The molecular weight excluding hydrogens is 246 g/mol. The predicted octanol–water partition coefficient (Wildman–Crippen LogP) is 3.63. The van der Waals surface area contributed by atoms with Crippen LogP contribution in [0.1, 0.15) is 69.6 Å². The van der Waals surface area contributed by atoms with Crippen molar-refractivity contribution in [2.45, 2.75) is 84.7 Å². The molecular formula is C17H31N3. The Balaban J connectivity index is 1.86. The maximum atomic E-state index is 4.77. The Kier molecular flexibility index (Phi) is 6.08. The van der Waals surface area contributed by atoms with Crippen molar-refractivity contribution < 1.29 is 0 Å². The van der Waals surface area contributed by atoms with Crippen LogP contribution in [0.3, 0.4) is 0 Å². The van der Waals surface area contributed by atoms with E-state index in [-0.39, 0.29) is 0 Å². The van der Waals surface area contributed by atoms with Crippen molar-refractivity contribution in [3.63, 3.8) is 0 Å². The molecule has 1 aliphatic rings. The molecule has 3 nitrogen and oxygen atoms in total. The SMILES string of the molecule is CCCNC(CC)CCCn1c(C)nc2c1CCCC2. The summed E-state index contributed by atoms with van der Waals surface area (Å²) in [5.41, 5.74) is 2.91. The van der Waals surface area contributed by atoms with Crippen LogP contribution in [0.25, 0.3) is 0 Å². The number of fused-ring (bicyclic) bond motifs is 1. The topological polar surface area (TPSA) is 29.9 Å². The van der Waals surface area contributed by atoms with Gasteiger partial charge in [0.1, 0.15) is 5.82 Å². The number of rotatable bonds is 8. The second kappa shape index (κ2) is 7.82. The van der Waals surface area contributed by atoms with Crippen LogP contribution >= 0.6 is 0 Å². The van der Waals surface area contributed by atoms with E-state index in [1.54, 1.807) is 0 Å². The van der Waals surface area contributed by atoms with Gasteiger partial charge in [-0.3, -0.25) is 0 Å². The number of imidazole rings is 1. The highest BCUT2D eigenvalue weighted by atomic mass is 15.1. The minimum Gasteiger partial charge on any atom is -0.332 e. The molecule has 0 aliphatic heterocycles. The molecule has 0 saturated carbocycles. The van der Waals surface area contributed by atoms with Gasteiger partial charge in [0.25, 0.3) is 0 Å². The third-order valence-electron chi connectivity index (χ3n) is 4.53. The summed E-state index contributed by atoms with van der Waals surface area (Å²) in [7, 11) is 0. The fraction of sp³-hybridized carbons (Fsp3) is 0.824. The lowest BCUT2D eigenvalue weighted by atomic mass is 10.0. The van der Waals surface area contributed by atoms with E-state index in [1.807, 2.05) is 0 Å². The first-order valence-electron chi connectivity index (χ1n) is 8.54. The van der Waals surface area contributed by atoms with E-state index in [2.05, 4.69) is 30.7 Å². The van der Waals surface area contributed by atoms with Gasteiger partial charge in [-0.05, 0) is 64.8 Å². The number of aromatic nitrogens is 2. The quantitative estimate of drug-likeness (QED) is 0.786. The minimum atomic E-state index is 0.689. The molecule has 0 aromatic carbocycles. The number of nitrogens with one attached hydrogen (secondary N) is 1. The molecule has 0 radical (unpaired) electrons. The Morgan fingerprint density at radius 2 is 2.05 bits per heavy atom. The van der Waals surface area contributed by atoms with Crippen LogP contribution in [0.15, 0.2) is 0 Å². The van der Waals surface area contributed by atoms with E-state index in [4.69, 9.17) is 4.98 Å². The summed E-state index contributed by atoms with van der Waals surface area (Å²) in [6.45, 7) is 9.00. The third-order valence-corrected chi connectivity index (χ3v) is 4.53. The molecule has 1 aromatic heterocycles. The van der Waals surface area contributed by atoms with Crippen LogP contribution in [0.2, 0.25) is 0 Å². The molecule has 1 atom stereocenters. The van der Waals surface area contributed by atoms with Gasteiger partial charge in [-0.15, -0.1) is 0 Å². The molecule has 20 heavy (non-hydrogen) atoms. The highest BCUT2D eigenvalue weighted by Crippen LogP contribution is 2.22. The normalized spacial score (nSPS) is 16.1. The Hall–Kier alpha value is -0.830. The van der Waals surface area contributed by atoms with Gasteiger partial charge in [-0.25, -0.2) is 4.98 Å². The Labute approximate surface area is 124 Å². The van der Waals surface area contributed by atoms with Crippen LogP contribution in [0, 0.1) is 6.92 Å². The van der Waals surface area contributed by atoms with Crippen LogP contribution in [-0.2, 0) is 19.4 Å². The number of hydrogen-bond acceptors (Lipinski definition) is 2. The van der Waals surface area contributed by atoms with Crippen LogP contribution in [0.4, 0.5) is 0 Å². The molecule has 1 heterocycles. The zero-order valence-electron chi connectivity index (χ0n) is 13.5. The van der Waals surface area contributed by atoms with E-state index in [0.717, 1.165) is 13.1 Å². The van der Waals surface area contributed by atoms with Gasteiger partial charge in [0.05, 0.1) is 5.69 Å². The van der Waals surface area contributed by atoms with E-state index >= 15 is 0 Å². The van der Waals surface area contributed by atoms with Gasteiger partial charge in [-0.2, -0.15) is 0 Å². The second-order valence-electron chi connectivity index (χ2n) is 6.11. The molecule has 0 bridgehead atoms. The minimum absolute atomic E-state index is 0.689. The summed E-state index contributed by atoms with van der Waals surface area (Å²) in [5, 5.41) is 3.65. The number of aryl methyl sites for hydroxylation is 2. The van der Waals surface area contributed by atoms with Crippen molar-refractivity contribution in [1.29, 1.82) is 0 Å². The summed E-state index contributed by atoms with van der Waals surface area (Å²) >= 11 is 0. The largest absolute Gasteiger partial charge is 0.332 e. The molecule has 0 amide bonds. The summed E-state index contributed by atoms with van der Waals surface area (Å²) in [6.07, 6.45) is 10.1. The first-order chi connectivity index (χ1) is 9.76. The van der Waals surface area contributed by atoms with Gasteiger partial charge < -0.3 is 9.88 Å². The van der Waals surface area contributed by atoms with Crippen LogP contribution < -0.4 is 5.32 Å². The lowest BCUT2D eigenvalue weighted by Crippen LogP contribution is -2.29. The van der Waals surface area contributed by atoms with Gasteiger partial charge in [0.15, 0.2) is 0 Å². The summed E-state index contributed by atoms with van der Waals surface area (Å²) < 4.78 is 2.49. The summed E-state index contributed by atoms with van der Waals surface area (Å²) in [6, 6.07) is 0.689. The number of hydrogen-bond donors (Lipinski definition) is 1. The Bertz CT molecular complexity index is 409. The first-order valence-corrected chi connectivity index (χ1v) is 8.54. The lowest BCUT2D eigenvalue weighted by molar-refractivity contribution is 0.434. The highest BCUT2D eigenvalue weighted by molar-refractivity contribution is 5.19. The van der Waals surface area contributed by atoms with E-state index in [0.29, 0.717) is 6.04 Å². The second-order valence-corrected chi connectivity index (χ2v) is 6.11. The molecule has 1 aliphatic carbocycles. The van der Waals surface area contributed by atoms with Crippen LogP contribution in [-0.4, -0.2) is 22.1 Å². The van der Waals surface area contributed by atoms with Crippen molar-refractivity contribution in [2.24, 2.45) is 0 Å². The Morgan fingerprint density at radius 3 is 2.80 bits per heavy atom. The molecule has 1 unspecified atom stereocenters. The average molecular weight is 277 g/mol. The van der Waals surface area contributed by atoms with E-state index in [9.17, 15) is 0 Å². The zero-order chi connectivity index (χ0) is 14.4. The fourth-order valence-corrected chi connectivity index (χ4v) is 3.33. The average Bonchev–Trinajstić information content (AvgIpc) is 2.78. The van der Waals surface area contributed by atoms with Gasteiger partial charge in [0, 0.05) is 18.3 Å². The van der Waals surface area contributed by atoms with E-state index in [1.165, 1.54) is 68.6 Å². The van der Waals surface area contributed by atoms with Gasteiger partial charge in [0.2, 0.25) is 0 Å². The number of nitrogens with zero attached hydrogens (tertiary/aromatic N) is 2. The molecule has 0 saturated heterocycles.